The number of hydrogen-bond acceptors (Lipinski definition) is 4. The largest absolute Gasteiger partial charge is 0.330 e. The maximum Gasteiger partial charge on any atom is 0.182 e. The average Bonchev–Trinajstić information content (AvgIpc) is 2.67. The normalized spacial score (nSPS) is 10.5. The van der Waals surface area contributed by atoms with Crippen LogP contribution in [-0.2, 0) is 6.42 Å². The Bertz CT molecular complexity index is 453. The van der Waals surface area contributed by atoms with E-state index in [1.807, 2.05) is 6.07 Å². The van der Waals surface area contributed by atoms with Gasteiger partial charge in [0.1, 0.15) is 5.82 Å². The highest BCUT2D eigenvalue weighted by Crippen LogP contribution is 2.17. The second-order valence-electron chi connectivity index (χ2n) is 3.04. The molecule has 0 bridgehead atoms. The van der Waals surface area contributed by atoms with Gasteiger partial charge < -0.3 is 5.73 Å². The first kappa shape index (κ1) is 10.3. The minimum Gasteiger partial charge on any atom is -0.330 e. The quantitative estimate of drug-likeness (QED) is 0.874. The molecule has 2 aromatic rings. The third kappa shape index (κ3) is 2.40. The van der Waals surface area contributed by atoms with Gasteiger partial charge in [0.25, 0.3) is 0 Å². The summed E-state index contributed by atoms with van der Waals surface area (Å²) < 4.78 is 0.908. The summed E-state index contributed by atoms with van der Waals surface area (Å²) in [6.45, 7) is 0.561. The number of aromatic amines is 1. The van der Waals surface area contributed by atoms with Crippen molar-refractivity contribution in [1.82, 2.24) is 20.2 Å². The molecule has 0 aliphatic heterocycles. The summed E-state index contributed by atoms with van der Waals surface area (Å²) in [7, 11) is 0. The summed E-state index contributed by atoms with van der Waals surface area (Å²) >= 11 is 3.35. The van der Waals surface area contributed by atoms with Crippen LogP contribution in [0.15, 0.2) is 22.9 Å². The molecule has 6 heteroatoms. The fourth-order valence-corrected chi connectivity index (χ4v) is 1.57. The smallest absolute Gasteiger partial charge is 0.182 e. The van der Waals surface area contributed by atoms with Crippen molar-refractivity contribution in [2.45, 2.75) is 6.42 Å². The highest BCUT2D eigenvalue weighted by Gasteiger charge is 2.05. The number of nitrogens with zero attached hydrogens (tertiary/aromatic N) is 3. The van der Waals surface area contributed by atoms with Crippen molar-refractivity contribution >= 4 is 15.9 Å². The van der Waals surface area contributed by atoms with E-state index in [1.165, 1.54) is 0 Å². The Hall–Kier alpha value is -1.27. The van der Waals surface area contributed by atoms with Gasteiger partial charge in [0, 0.05) is 28.9 Å². The van der Waals surface area contributed by atoms with Crippen molar-refractivity contribution in [3.05, 3.63) is 28.8 Å². The highest BCUT2D eigenvalue weighted by molar-refractivity contribution is 9.10. The summed E-state index contributed by atoms with van der Waals surface area (Å²) in [5, 5.41) is 6.93. The number of nitrogens with one attached hydrogen (secondary N) is 1. The van der Waals surface area contributed by atoms with Crippen molar-refractivity contribution in [1.29, 1.82) is 0 Å². The molecule has 3 N–H and O–H groups in total. The second-order valence-corrected chi connectivity index (χ2v) is 3.95. The van der Waals surface area contributed by atoms with Crippen LogP contribution in [0.2, 0.25) is 0 Å². The first-order valence-electron chi connectivity index (χ1n) is 4.52. The molecule has 0 fully saturated rings. The molecule has 15 heavy (non-hydrogen) atoms. The summed E-state index contributed by atoms with van der Waals surface area (Å²) in [6.07, 6.45) is 4.14. The number of rotatable bonds is 3. The predicted molar refractivity (Wildman–Crippen MR) is 60.1 cm³/mol. The van der Waals surface area contributed by atoms with Gasteiger partial charge in [-0.1, -0.05) is 0 Å². The van der Waals surface area contributed by atoms with Crippen LogP contribution < -0.4 is 5.73 Å². The van der Waals surface area contributed by atoms with Crippen LogP contribution in [0.5, 0.6) is 0 Å². The lowest BCUT2D eigenvalue weighted by molar-refractivity contribution is 0.874. The van der Waals surface area contributed by atoms with E-state index in [1.54, 1.807) is 12.4 Å². The summed E-state index contributed by atoms with van der Waals surface area (Å²) in [4.78, 5) is 8.35. The van der Waals surface area contributed by atoms with Gasteiger partial charge in [0.05, 0.1) is 0 Å². The van der Waals surface area contributed by atoms with E-state index >= 15 is 0 Å². The van der Waals surface area contributed by atoms with E-state index in [4.69, 9.17) is 5.73 Å². The van der Waals surface area contributed by atoms with E-state index in [9.17, 15) is 0 Å². The first-order chi connectivity index (χ1) is 7.29. The molecule has 2 aromatic heterocycles. The van der Waals surface area contributed by atoms with Gasteiger partial charge in [0.15, 0.2) is 5.82 Å². The molecule has 0 radical (unpaired) electrons. The summed E-state index contributed by atoms with van der Waals surface area (Å²) in [5.74, 6) is 1.44. The number of hydrogen-bond donors (Lipinski definition) is 2. The van der Waals surface area contributed by atoms with Gasteiger partial charge in [-0.05, 0) is 28.5 Å². The molecule has 5 nitrogen and oxygen atoms in total. The van der Waals surface area contributed by atoms with Gasteiger partial charge in [0.2, 0.25) is 0 Å². The standard InChI is InChI=1S/C9H10BrN5/c10-7-3-6(4-12-5-7)9-13-8(1-2-11)14-15-9/h3-5H,1-2,11H2,(H,13,14,15). The van der Waals surface area contributed by atoms with Crippen LogP contribution >= 0.6 is 15.9 Å². The minimum absolute atomic E-state index is 0.561. The molecule has 0 unspecified atom stereocenters. The van der Waals surface area contributed by atoms with Crippen LogP contribution in [0.3, 0.4) is 0 Å². The van der Waals surface area contributed by atoms with Crippen molar-refractivity contribution in [3.8, 4) is 11.4 Å². The average molecular weight is 268 g/mol. The molecule has 0 saturated carbocycles. The Kier molecular flexibility index (Phi) is 3.08. The maximum absolute atomic E-state index is 5.42. The molecule has 0 aromatic carbocycles. The number of pyridine rings is 1. The zero-order valence-corrected chi connectivity index (χ0v) is 9.53. The van der Waals surface area contributed by atoms with Gasteiger partial charge in [-0.2, -0.15) is 5.10 Å². The van der Waals surface area contributed by atoms with Crippen molar-refractivity contribution < 1.29 is 0 Å². The number of aromatic nitrogens is 4. The second kappa shape index (κ2) is 4.50. The molecule has 0 spiro atoms. The molecule has 0 saturated heterocycles. The number of halogens is 1. The molecule has 0 aliphatic rings. The lowest BCUT2D eigenvalue weighted by Gasteiger charge is -1.94. The van der Waals surface area contributed by atoms with Crippen LogP contribution in [0.1, 0.15) is 5.82 Å². The third-order valence-corrected chi connectivity index (χ3v) is 2.31. The van der Waals surface area contributed by atoms with Crippen LogP contribution in [0.25, 0.3) is 11.4 Å². The first-order valence-corrected chi connectivity index (χ1v) is 5.31. The van der Waals surface area contributed by atoms with Crippen LogP contribution in [0.4, 0.5) is 0 Å². The Balaban J connectivity index is 2.29. The van der Waals surface area contributed by atoms with E-state index < -0.39 is 0 Å². The molecule has 0 amide bonds. The fourth-order valence-electron chi connectivity index (χ4n) is 1.21. The monoisotopic (exact) mass is 267 g/mol. The van der Waals surface area contributed by atoms with Gasteiger partial charge in [-0.15, -0.1) is 0 Å². The predicted octanol–water partition coefficient (Wildman–Crippen LogP) is 1.13. The Morgan fingerprint density at radius 1 is 1.40 bits per heavy atom. The van der Waals surface area contributed by atoms with E-state index in [0.717, 1.165) is 15.9 Å². The van der Waals surface area contributed by atoms with Crippen molar-refractivity contribution in [2.75, 3.05) is 6.54 Å². The molecular weight excluding hydrogens is 258 g/mol. The molecule has 78 valence electrons. The topological polar surface area (TPSA) is 80.5 Å². The van der Waals surface area contributed by atoms with Crippen molar-refractivity contribution in [3.63, 3.8) is 0 Å². The molecule has 0 atom stereocenters. The SMILES string of the molecule is NCCc1nc(-c2cncc(Br)c2)n[nH]1. The van der Waals surface area contributed by atoms with Gasteiger partial charge in [-0.3, -0.25) is 10.1 Å². The Labute approximate surface area is 95.3 Å². The van der Waals surface area contributed by atoms with Crippen molar-refractivity contribution in [2.24, 2.45) is 5.73 Å². The molecular formula is C9H10BrN5. The Morgan fingerprint density at radius 3 is 3.00 bits per heavy atom. The van der Waals surface area contributed by atoms with E-state index in [0.29, 0.717) is 18.8 Å². The van der Waals surface area contributed by atoms with Crippen LogP contribution in [0, 0.1) is 0 Å². The summed E-state index contributed by atoms with van der Waals surface area (Å²) in [5.41, 5.74) is 6.30. The molecule has 0 aliphatic carbocycles. The zero-order chi connectivity index (χ0) is 10.7. The fraction of sp³-hybridized carbons (Fsp3) is 0.222. The number of nitrogens with two attached hydrogens (primary N) is 1. The maximum atomic E-state index is 5.42. The highest BCUT2D eigenvalue weighted by atomic mass is 79.9. The lowest BCUT2D eigenvalue weighted by atomic mass is 10.3. The van der Waals surface area contributed by atoms with E-state index in [2.05, 4.69) is 36.1 Å². The van der Waals surface area contributed by atoms with Gasteiger partial charge >= 0.3 is 0 Å². The molecule has 2 heterocycles. The van der Waals surface area contributed by atoms with E-state index in [-0.39, 0.29) is 0 Å². The van der Waals surface area contributed by atoms with Crippen LogP contribution in [-0.4, -0.2) is 26.7 Å². The summed E-state index contributed by atoms with van der Waals surface area (Å²) in [6, 6.07) is 1.92. The van der Waals surface area contributed by atoms with Gasteiger partial charge in [-0.25, -0.2) is 4.98 Å². The lowest BCUT2D eigenvalue weighted by Crippen LogP contribution is -2.03. The molecule has 2 rings (SSSR count). The minimum atomic E-state index is 0.561. The number of H-pyrrole nitrogens is 1. The Morgan fingerprint density at radius 2 is 2.27 bits per heavy atom. The zero-order valence-electron chi connectivity index (χ0n) is 7.94. The third-order valence-electron chi connectivity index (χ3n) is 1.88.